The van der Waals surface area contributed by atoms with Gasteiger partial charge in [-0.2, -0.15) is 4.98 Å². The Kier molecular flexibility index (Phi) is 4.86. The number of ether oxygens (including phenoxy) is 2. The van der Waals surface area contributed by atoms with Crippen LogP contribution in [0.4, 0.5) is 11.8 Å². The zero-order valence-electron chi connectivity index (χ0n) is 14.2. The molecule has 0 bridgehead atoms. The molecule has 1 aliphatic heterocycles. The van der Waals surface area contributed by atoms with E-state index in [-0.39, 0.29) is 17.9 Å². The van der Waals surface area contributed by atoms with E-state index in [1.54, 1.807) is 0 Å². The van der Waals surface area contributed by atoms with Crippen molar-refractivity contribution < 1.29 is 14.3 Å². The van der Waals surface area contributed by atoms with Crippen molar-refractivity contribution in [2.75, 3.05) is 23.8 Å². The predicted molar refractivity (Wildman–Crippen MR) is 89.8 cm³/mol. The van der Waals surface area contributed by atoms with Gasteiger partial charge in [0.2, 0.25) is 5.95 Å². The Bertz CT molecular complexity index is 591. The van der Waals surface area contributed by atoms with Crippen LogP contribution in [0.5, 0.6) is 0 Å². The third-order valence-corrected chi connectivity index (χ3v) is 4.37. The minimum absolute atomic E-state index is 0.136. The van der Waals surface area contributed by atoms with Gasteiger partial charge in [-0.15, -0.1) is 0 Å². The summed E-state index contributed by atoms with van der Waals surface area (Å²) in [6.07, 6.45) is 5.04. The fourth-order valence-electron chi connectivity index (χ4n) is 3.19. The third-order valence-electron chi connectivity index (χ3n) is 4.37. The number of aromatic nitrogens is 2. The van der Waals surface area contributed by atoms with Gasteiger partial charge in [0, 0.05) is 31.1 Å². The van der Waals surface area contributed by atoms with E-state index < -0.39 is 5.91 Å². The highest BCUT2D eigenvalue weighted by atomic mass is 16.7. The van der Waals surface area contributed by atoms with Crippen LogP contribution in [0, 0.1) is 0 Å². The molecule has 24 heavy (non-hydrogen) atoms. The van der Waals surface area contributed by atoms with Crippen LogP contribution in [0.1, 0.15) is 49.9 Å². The maximum absolute atomic E-state index is 11.5. The molecule has 132 valence electrons. The molecule has 8 heteroatoms. The van der Waals surface area contributed by atoms with Gasteiger partial charge in [-0.3, -0.25) is 4.79 Å². The maximum Gasteiger partial charge on any atom is 0.254 e. The zero-order chi connectivity index (χ0) is 17.2. The zero-order valence-corrected chi connectivity index (χ0v) is 14.2. The maximum atomic E-state index is 11.5. The number of nitrogens with two attached hydrogens (primary N) is 1. The standard InChI is InChI=1S/C16H25N5O3/c1-10(2)19-14-12(13(17)22)9-18-15(21-14)20-11-3-5-16(6-4-11)23-7-8-24-16/h9-11H,3-8H2,1-2H3,(H2,17,22)(H2,18,19,20,21). The first-order valence-corrected chi connectivity index (χ1v) is 8.45. The smallest absolute Gasteiger partial charge is 0.254 e. The molecule has 1 spiro atoms. The first kappa shape index (κ1) is 16.9. The van der Waals surface area contributed by atoms with Crippen molar-refractivity contribution in [1.82, 2.24) is 9.97 Å². The molecule has 8 nitrogen and oxygen atoms in total. The number of anilines is 2. The topological polar surface area (TPSA) is 111 Å². The normalized spacial score (nSPS) is 20.5. The van der Waals surface area contributed by atoms with Gasteiger partial charge in [-0.25, -0.2) is 4.98 Å². The Morgan fingerprint density at radius 2 is 2.00 bits per heavy atom. The molecular formula is C16H25N5O3. The number of primary amides is 1. The average molecular weight is 335 g/mol. The largest absolute Gasteiger partial charge is 0.367 e. The quantitative estimate of drug-likeness (QED) is 0.747. The van der Waals surface area contributed by atoms with Crippen molar-refractivity contribution in [3.63, 3.8) is 0 Å². The Labute approximate surface area is 141 Å². The van der Waals surface area contributed by atoms with Crippen molar-refractivity contribution in [2.45, 2.75) is 57.4 Å². The first-order valence-electron chi connectivity index (χ1n) is 8.45. The van der Waals surface area contributed by atoms with Crippen molar-refractivity contribution in [3.05, 3.63) is 11.8 Å². The summed E-state index contributed by atoms with van der Waals surface area (Å²) in [6, 6.07) is 0.395. The molecule has 0 atom stereocenters. The van der Waals surface area contributed by atoms with Gasteiger partial charge in [-0.1, -0.05) is 0 Å². The highest BCUT2D eigenvalue weighted by Gasteiger charge is 2.40. The number of nitrogens with one attached hydrogen (secondary N) is 2. The van der Waals surface area contributed by atoms with E-state index in [0.717, 1.165) is 25.7 Å². The molecule has 1 aliphatic carbocycles. The van der Waals surface area contributed by atoms with Crippen LogP contribution in [0.25, 0.3) is 0 Å². The molecule has 1 saturated carbocycles. The van der Waals surface area contributed by atoms with Crippen LogP contribution in [-0.4, -0.2) is 47.0 Å². The molecule has 1 aromatic heterocycles. The van der Waals surface area contributed by atoms with E-state index in [4.69, 9.17) is 15.2 Å². The molecule has 4 N–H and O–H groups in total. The minimum Gasteiger partial charge on any atom is -0.367 e. The number of hydrogen-bond acceptors (Lipinski definition) is 7. The third kappa shape index (κ3) is 3.76. The van der Waals surface area contributed by atoms with Gasteiger partial charge in [-0.05, 0) is 26.7 Å². The van der Waals surface area contributed by atoms with Crippen molar-refractivity contribution in [2.24, 2.45) is 5.73 Å². The molecule has 3 rings (SSSR count). The second-order valence-electron chi connectivity index (χ2n) is 6.65. The molecule has 1 amide bonds. The van der Waals surface area contributed by atoms with Gasteiger partial charge in [0.25, 0.3) is 5.91 Å². The van der Waals surface area contributed by atoms with Gasteiger partial charge < -0.3 is 25.8 Å². The monoisotopic (exact) mass is 335 g/mol. The second kappa shape index (κ2) is 6.90. The fourth-order valence-corrected chi connectivity index (χ4v) is 3.19. The summed E-state index contributed by atoms with van der Waals surface area (Å²) in [5, 5.41) is 6.48. The fraction of sp³-hybridized carbons (Fsp3) is 0.688. The van der Waals surface area contributed by atoms with Crippen LogP contribution in [-0.2, 0) is 9.47 Å². The Morgan fingerprint density at radius 3 is 2.58 bits per heavy atom. The average Bonchev–Trinajstić information content (AvgIpc) is 2.97. The van der Waals surface area contributed by atoms with Crippen LogP contribution in [0.3, 0.4) is 0 Å². The van der Waals surface area contributed by atoms with Crippen LogP contribution >= 0.6 is 0 Å². The molecule has 0 radical (unpaired) electrons. The summed E-state index contributed by atoms with van der Waals surface area (Å²) < 4.78 is 11.5. The first-order chi connectivity index (χ1) is 11.5. The van der Waals surface area contributed by atoms with Crippen molar-refractivity contribution in [1.29, 1.82) is 0 Å². The molecule has 0 aromatic carbocycles. The van der Waals surface area contributed by atoms with E-state index in [9.17, 15) is 4.79 Å². The minimum atomic E-state index is -0.542. The molecule has 1 aromatic rings. The van der Waals surface area contributed by atoms with Gasteiger partial charge in [0.05, 0.1) is 18.8 Å². The lowest BCUT2D eigenvalue weighted by Crippen LogP contribution is -2.39. The van der Waals surface area contributed by atoms with Gasteiger partial charge in [0.15, 0.2) is 5.79 Å². The van der Waals surface area contributed by atoms with Crippen molar-refractivity contribution >= 4 is 17.7 Å². The molecule has 0 unspecified atom stereocenters. The molecule has 1 saturated heterocycles. The van der Waals surface area contributed by atoms with Crippen molar-refractivity contribution in [3.8, 4) is 0 Å². The van der Waals surface area contributed by atoms with E-state index >= 15 is 0 Å². The van der Waals surface area contributed by atoms with E-state index in [0.29, 0.717) is 30.5 Å². The summed E-state index contributed by atoms with van der Waals surface area (Å²) in [5.74, 6) is 0.0427. The lowest BCUT2D eigenvalue weighted by molar-refractivity contribution is -0.177. The number of amides is 1. The van der Waals surface area contributed by atoms with Gasteiger partial charge in [0.1, 0.15) is 5.82 Å². The second-order valence-corrected chi connectivity index (χ2v) is 6.65. The molecule has 2 aliphatic rings. The number of rotatable bonds is 5. The SMILES string of the molecule is CC(C)Nc1nc(NC2CCC3(CC2)OCCO3)ncc1C(N)=O. The predicted octanol–water partition coefficient (Wildman–Crippen LogP) is 1.49. The van der Waals surface area contributed by atoms with Crippen LogP contribution in [0.15, 0.2) is 6.20 Å². The Hall–Kier alpha value is -1.93. The molecular weight excluding hydrogens is 310 g/mol. The summed E-state index contributed by atoms with van der Waals surface area (Å²) in [6.45, 7) is 5.31. The van der Waals surface area contributed by atoms with E-state index in [2.05, 4.69) is 20.6 Å². The summed E-state index contributed by atoms with van der Waals surface area (Å²) >= 11 is 0. The number of carbonyl (C=O) groups excluding carboxylic acids is 1. The Balaban J connectivity index is 1.66. The lowest BCUT2D eigenvalue weighted by atomic mass is 9.90. The van der Waals surface area contributed by atoms with E-state index in [1.807, 2.05) is 13.8 Å². The number of hydrogen-bond donors (Lipinski definition) is 3. The van der Waals surface area contributed by atoms with Crippen LogP contribution < -0.4 is 16.4 Å². The highest BCUT2D eigenvalue weighted by molar-refractivity contribution is 5.97. The summed E-state index contributed by atoms with van der Waals surface area (Å²) in [4.78, 5) is 20.1. The lowest BCUT2D eigenvalue weighted by Gasteiger charge is -2.35. The van der Waals surface area contributed by atoms with Crippen LogP contribution in [0.2, 0.25) is 0 Å². The summed E-state index contributed by atoms with van der Waals surface area (Å²) in [5.41, 5.74) is 5.68. The van der Waals surface area contributed by atoms with E-state index in [1.165, 1.54) is 6.20 Å². The number of nitrogens with zero attached hydrogens (tertiary/aromatic N) is 2. The Morgan fingerprint density at radius 1 is 1.33 bits per heavy atom. The summed E-state index contributed by atoms with van der Waals surface area (Å²) in [7, 11) is 0. The molecule has 2 fully saturated rings. The molecule has 2 heterocycles. The highest BCUT2D eigenvalue weighted by Crippen LogP contribution is 2.36. The van der Waals surface area contributed by atoms with Gasteiger partial charge >= 0.3 is 0 Å². The number of carbonyl (C=O) groups is 1.